The maximum Gasteiger partial charge on any atom is 0.251 e. The van der Waals surface area contributed by atoms with E-state index in [-0.39, 0.29) is 37.1 Å². The number of carbonyl (C=O) groups excluding carboxylic acids is 3. The molecule has 3 amide bonds. The Morgan fingerprint density at radius 1 is 0.867 bits per heavy atom. The summed E-state index contributed by atoms with van der Waals surface area (Å²) < 4.78 is 1.86. The molecule has 0 unspecified atom stereocenters. The van der Waals surface area contributed by atoms with Crippen molar-refractivity contribution in [3.8, 4) is 0 Å². The molecule has 1 N–H and O–H groups in total. The lowest BCUT2D eigenvalue weighted by Gasteiger charge is -2.14. The first-order chi connectivity index (χ1) is 14.6. The maximum atomic E-state index is 12.4. The van der Waals surface area contributed by atoms with E-state index in [1.54, 1.807) is 30.5 Å². The Balaban J connectivity index is 1.29. The SMILES string of the molecule is O=C(NCc1ccc(Cn2cccn2)cc1)c1ccc(CN2C(=O)CCC2=O)cc1. The van der Waals surface area contributed by atoms with Gasteiger partial charge in [0.15, 0.2) is 0 Å². The van der Waals surface area contributed by atoms with Gasteiger partial charge in [0, 0.05) is 37.3 Å². The molecule has 1 saturated heterocycles. The summed E-state index contributed by atoms with van der Waals surface area (Å²) >= 11 is 0. The van der Waals surface area contributed by atoms with Crippen molar-refractivity contribution < 1.29 is 14.4 Å². The number of nitrogens with one attached hydrogen (secondary N) is 1. The molecule has 152 valence electrons. The molecule has 2 aromatic carbocycles. The van der Waals surface area contributed by atoms with Crippen LogP contribution in [0.1, 0.15) is 39.9 Å². The zero-order chi connectivity index (χ0) is 20.9. The van der Waals surface area contributed by atoms with Crippen molar-refractivity contribution in [2.45, 2.75) is 32.5 Å². The second kappa shape index (κ2) is 8.73. The largest absolute Gasteiger partial charge is 0.348 e. The molecule has 4 rings (SSSR count). The fourth-order valence-electron chi connectivity index (χ4n) is 3.37. The van der Waals surface area contributed by atoms with Gasteiger partial charge in [-0.2, -0.15) is 5.10 Å². The number of nitrogens with zero attached hydrogens (tertiary/aromatic N) is 3. The first-order valence-corrected chi connectivity index (χ1v) is 9.84. The van der Waals surface area contributed by atoms with Crippen LogP contribution in [0.25, 0.3) is 0 Å². The number of amides is 3. The van der Waals surface area contributed by atoms with E-state index in [1.165, 1.54) is 4.90 Å². The van der Waals surface area contributed by atoms with Crippen LogP contribution in [0.15, 0.2) is 67.0 Å². The number of rotatable bonds is 7. The minimum Gasteiger partial charge on any atom is -0.348 e. The molecular weight excluding hydrogens is 380 g/mol. The predicted molar refractivity (Wildman–Crippen MR) is 110 cm³/mol. The average Bonchev–Trinajstić information content (AvgIpc) is 3.39. The van der Waals surface area contributed by atoms with E-state index in [9.17, 15) is 14.4 Å². The summed E-state index contributed by atoms with van der Waals surface area (Å²) in [6.07, 6.45) is 4.23. The summed E-state index contributed by atoms with van der Waals surface area (Å²) in [6.45, 7) is 1.39. The monoisotopic (exact) mass is 402 g/mol. The standard InChI is InChI=1S/C23H22N4O3/c28-21-10-11-22(29)27(21)16-19-6-8-20(9-7-19)23(30)24-14-17-2-4-18(5-3-17)15-26-13-1-12-25-26/h1-9,12-13H,10-11,14-16H2,(H,24,30). The lowest BCUT2D eigenvalue weighted by atomic mass is 10.1. The summed E-state index contributed by atoms with van der Waals surface area (Å²) in [5.41, 5.74) is 3.51. The van der Waals surface area contributed by atoms with Crippen LogP contribution < -0.4 is 5.32 Å². The Morgan fingerprint density at radius 3 is 2.10 bits per heavy atom. The second-order valence-corrected chi connectivity index (χ2v) is 7.27. The van der Waals surface area contributed by atoms with E-state index in [4.69, 9.17) is 0 Å². The van der Waals surface area contributed by atoms with Gasteiger partial charge in [0.1, 0.15) is 0 Å². The number of aromatic nitrogens is 2. The van der Waals surface area contributed by atoms with Crippen LogP contribution >= 0.6 is 0 Å². The molecule has 2 heterocycles. The van der Waals surface area contributed by atoms with E-state index in [2.05, 4.69) is 10.4 Å². The van der Waals surface area contributed by atoms with Crippen LogP contribution in [-0.2, 0) is 29.2 Å². The Kier molecular flexibility index (Phi) is 5.70. The molecule has 3 aromatic rings. The quantitative estimate of drug-likeness (QED) is 0.616. The van der Waals surface area contributed by atoms with E-state index in [1.807, 2.05) is 41.2 Å². The van der Waals surface area contributed by atoms with Crippen LogP contribution in [0.3, 0.4) is 0 Å². The van der Waals surface area contributed by atoms with E-state index >= 15 is 0 Å². The number of likely N-dealkylation sites (tertiary alicyclic amines) is 1. The molecule has 0 bridgehead atoms. The van der Waals surface area contributed by atoms with Crippen LogP contribution in [0.4, 0.5) is 0 Å². The van der Waals surface area contributed by atoms with Gasteiger partial charge in [0.25, 0.3) is 5.91 Å². The van der Waals surface area contributed by atoms with Crippen molar-refractivity contribution in [2.24, 2.45) is 0 Å². The topological polar surface area (TPSA) is 84.3 Å². The molecule has 1 fully saturated rings. The van der Waals surface area contributed by atoms with Crippen molar-refractivity contribution in [1.29, 1.82) is 0 Å². The molecule has 0 saturated carbocycles. The summed E-state index contributed by atoms with van der Waals surface area (Å²) in [4.78, 5) is 37.1. The highest BCUT2D eigenvalue weighted by molar-refractivity contribution is 6.01. The van der Waals surface area contributed by atoms with Gasteiger partial charge in [-0.1, -0.05) is 36.4 Å². The summed E-state index contributed by atoms with van der Waals surface area (Å²) in [5.74, 6) is -0.453. The Hall–Kier alpha value is -3.74. The van der Waals surface area contributed by atoms with Crippen LogP contribution in [-0.4, -0.2) is 32.4 Å². The molecule has 1 aliphatic rings. The highest BCUT2D eigenvalue weighted by atomic mass is 16.2. The molecule has 0 spiro atoms. The van der Waals surface area contributed by atoms with Gasteiger partial charge in [-0.25, -0.2) is 0 Å². The van der Waals surface area contributed by atoms with Crippen LogP contribution in [0.2, 0.25) is 0 Å². The average molecular weight is 402 g/mol. The van der Waals surface area contributed by atoms with Crippen molar-refractivity contribution in [3.05, 3.63) is 89.2 Å². The third-order valence-corrected chi connectivity index (χ3v) is 5.09. The number of imide groups is 1. The maximum absolute atomic E-state index is 12.4. The van der Waals surface area contributed by atoms with Gasteiger partial charge in [-0.15, -0.1) is 0 Å². The van der Waals surface area contributed by atoms with Gasteiger partial charge in [-0.05, 0) is 34.9 Å². The third kappa shape index (κ3) is 4.63. The van der Waals surface area contributed by atoms with E-state index < -0.39 is 0 Å². The predicted octanol–water partition coefficient (Wildman–Crippen LogP) is 2.51. The molecule has 1 aliphatic heterocycles. The summed E-state index contributed by atoms with van der Waals surface area (Å²) in [5, 5.41) is 7.10. The molecular formula is C23H22N4O3. The highest BCUT2D eigenvalue weighted by Crippen LogP contribution is 2.16. The van der Waals surface area contributed by atoms with Crippen molar-refractivity contribution in [1.82, 2.24) is 20.0 Å². The molecule has 30 heavy (non-hydrogen) atoms. The van der Waals surface area contributed by atoms with Gasteiger partial charge in [0.2, 0.25) is 11.8 Å². The number of benzene rings is 2. The zero-order valence-electron chi connectivity index (χ0n) is 16.5. The Bertz CT molecular complexity index is 1030. The fourth-order valence-corrected chi connectivity index (χ4v) is 3.37. The smallest absolute Gasteiger partial charge is 0.251 e. The second-order valence-electron chi connectivity index (χ2n) is 7.27. The molecule has 0 aliphatic carbocycles. The third-order valence-electron chi connectivity index (χ3n) is 5.09. The van der Waals surface area contributed by atoms with Gasteiger partial charge in [-0.3, -0.25) is 24.0 Å². The van der Waals surface area contributed by atoms with Crippen LogP contribution in [0.5, 0.6) is 0 Å². The number of hydrogen-bond donors (Lipinski definition) is 1. The first-order valence-electron chi connectivity index (χ1n) is 9.84. The van der Waals surface area contributed by atoms with Crippen LogP contribution in [0, 0.1) is 0 Å². The zero-order valence-corrected chi connectivity index (χ0v) is 16.5. The van der Waals surface area contributed by atoms with Gasteiger partial charge in [0.05, 0.1) is 13.1 Å². The minimum absolute atomic E-state index is 0.141. The van der Waals surface area contributed by atoms with Gasteiger partial charge < -0.3 is 5.32 Å². The van der Waals surface area contributed by atoms with E-state index in [0.29, 0.717) is 18.7 Å². The molecule has 0 atom stereocenters. The van der Waals surface area contributed by atoms with Crippen molar-refractivity contribution in [3.63, 3.8) is 0 Å². The molecule has 7 heteroatoms. The Morgan fingerprint density at radius 2 is 1.47 bits per heavy atom. The first kappa shape index (κ1) is 19.6. The molecule has 7 nitrogen and oxygen atoms in total. The normalized spacial score (nSPS) is 13.7. The minimum atomic E-state index is -0.171. The molecule has 0 radical (unpaired) electrons. The highest BCUT2D eigenvalue weighted by Gasteiger charge is 2.28. The lowest BCUT2D eigenvalue weighted by Crippen LogP contribution is -2.28. The number of hydrogen-bond acceptors (Lipinski definition) is 4. The number of carbonyl (C=O) groups is 3. The van der Waals surface area contributed by atoms with Crippen molar-refractivity contribution in [2.75, 3.05) is 0 Å². The fraction of sp³-hybridized carbons (Fsp3) is 0.217. The van der Waals surface area contributed by atoms with E-state index in [0.717, 1.165) is 16.7 Å². The lowest BCUT2D eigenvalue weighted by molar-refractivity contribution is -0.139. The van der Waals surface area contributed by atoms with Gasteiger partial charge >= 0.3 is 0 Å². The van der Waals surface area contributed by atoms with Crippen molar-refractivity contribution >= 4 is 17.7 Å². The summed E-state index contributed by atoms with van der Waals surface area (Å²) in [7, 11) is 0. The summed E-state index contributed by atoms with van der Waals surface area (Å²) in [6, 6.07) is 16.9. The molecule has 1 aromatic heterocycles. The Labute approximate surface area is 174 Å².